The van der Waals surface area contributed by atoms with Crippen LogP contribution in [0.25, 0.3) is 0 Å². The van der Waals surface area contributed by atoms with E-state index in [1.165, 1.54) is 0 Å². The molecule has 1 aromatic rings. The molecule has 1 saturated carbocycles. The molecule has 7 nitrogen and oxygen atoms in total. The summed E-state index contributed by atoms with van der Waals surface area (Å²) in [5, 5.41) is 13.9. The Morgan fingerprint density at radius 2 is 2.00 bits per heavy atom. The summed E-state index contributed by atoms with van der Waals surface area (Å²) in [7, 11) is 1.60. The van der Waals surface area contributed by atoms with Crippen LogP contribution in [0.15, 0.2) is 4.52 Å². The Morgan fingerprint density at radius 1 is 1.28 bits per heavy atom. The molecule has 1 aromatic heterocycles. The van der Waals surface area contributed by atoms with Gasteiger partial charge in [-0.15, -0.1) is 0 Å². The fourth-order valence-corrected chi connectivity index (χ4v) is 3.84. The van der Waals surface area contributed by atoms with Crippen molar-refractivity contribution in [1.29, 1.82) is 0 Å². The number of likely N-dealkylation sites (tertiary alicyclic amines) is 1. The van der Waals surface area contributed by atoms with E-state index in [0.717, 1.165) is 38.2 Å². The number of hydrogen-bond donors (Lipinski definition) is 1. The first kappa shape index (κ1) is 18.3. The summed E-state index contributed by atoms with van der Waals surface area (Å²) in [5.41, 5.74) is 0. The van der Waals surface area contributed by atoms with Crippen LogP contribution >= 0.6 is 0 Å². The normalized spacial score (nSPS) is 28.5. The van der Waals surface area contributed by atoms with Crippen LogP contribution in [0.3, 0.4) is 0 Å². The Bertz CT molecular complexity index is 581. The molecule has 1 aliphatic carbocycles. The van der Waals surface area contributed by atoms with Gasteiger partial charge in [-0.3, -0.25) is 4.79 Å². The molecule has 0 bridgehead atoms. The summed E-state index contributed by atoms with van der Waals surface area (Å²) in [5.74, 6) is 2.11. The second-order valence-electron chi connectivity index (χ2n) is 7.60. The van der Waals surface area contributed by atoms with Gasteiger partial charge in [0.1, 0.15) is 0 Å². The number of aliphatic hydroxyl groups is 1. The quantitative estimate of drug-likeness (QED) is 0.893. The van der Waals surface area contributed by atoms with Gasteiger partial charge in [-0.05, 0) is 32.1 Å². The van der Waals surface area contributed by atoms with Crippen molar-refractivity contribution >= 4 is 5.91 Å². The third-order valence-electron chi connectivity index (χ3n) is 5.54. The van der Waals surface area contributed by atoms with E-state index >= 15 is 0 Å². The van der Waals surface area contributed by atoms with Crippen molar-refractivity contribution in [3.63, 3.8) is 0 Å². The number of aromatic nitrogens is 2. The average Bonchev–Trinajstić information content (AvgIpc) is 3.12. The van der Waals surface area contributed by atoms with Crippen molar-refractivity contribution in [3.05, 3.63) is 11.7 Å². The molecule has 3 atom stereocenters. The first-order chi connectivity index (χ1) is 12.0. The summed E-state index contributed by atoms with van der Waals surface area (Å²) in [4.78, 5) is 19.2. The zero-order chi connectivity index (χ0) is 18.0. The van der Waals surface area contributed by atoms with Crippen LogP contribution in [-0.4, -0.2) is 58.5 Å². The van der Waals surface area contributed by atoms with Crippen molar-refractivity contribution in [2.75, 3.05) is 20.2 Å². The highest BCUT2D eigenvalue weighted by molar-refractivity contribution is 5.79. The second-order valence-corrected chi connectivity index (χ2v) is 7.60. The number of aliphatic hydroxyl groups excluding tert-OH is 1. The van der Waals surface area contributed by atoms with Crippen LogP contribution in [0.4, 0.5) is 0 Å². The monoisotopic (exact) mass is 351 g/mol. The van der Waals surface area contributed by atoms with Gasteiger partial charge in [0.25, 0.3) is 0 Å². The predicted molar refractivity (Wildman–Crippen MR) is 91.1 cm³/mol. The largest absolute Gasteiger partial charge is 0.390 e. The maximum Gasteiger partial charge on any atom is 0.229 e. The van der Waals surface area contributed by atoms with E-state index in [2.05, 4.69) is 10.1 Å². The molecule has 3 rings (SSSR count). The molecular weight excluding hydrogens is 322 g/mol. The van der Waals surface area contributed by atoms with E-state index < -0.39 is 6.10 Å². The fourth-order valence-electron chi connectivity index (χ4n) is 3.84. The van der Waals surface area contributed by atoms with Gasteiger partial charge in [-0.1, -0.05) is 19.0 Å². The number of carbonyl (C=O) groups is 1. The van der Waals surface area contributed by atoms with Crippen molar-refractivity contribution in [3.8, 4) is 0 Å². The molecule has 0 aromatic carbocycles. The number of nitrogens with zero attached hydrogens (tertiary/aromatic N) is 3. The molecular formula is C18H29N3O4. The minimum absolute atomic E-state index is 0.0409. The zero-order valence-electron chi connectivity index (χ0n) is 15.4. The molecule has 7 heteroatoms. The molecule has 1 saturated heterocycles. The first-order valence-corrected chi connectivity index (χ1v) is 9.32. The van der Waals surface area contributed by atoms with Crippen LogP contribution in [-0.2, 0) is 9.53 Å². The van der Waals surface area contributed by atoms with Crippen LogP contribution in [0.5, 0.6) is 0 Å². The van der Waals surface area contributed by atoms with Crippen LogP contribution in [0, 0.1) is 5.92 Å². The highest BCUT2D eigenvalue weighted by atomic mass is 16.5. The van der Waals surface area contributed by atoms with E-state index in [9.17, 15) is 9.90 Å². The summed E-state index contributed by atoms with van der Waals surface area (Å²) >= 11 is 0. The summed E-state index contributed by atoms with van der Waals surface area (Å²) in [6.45, 7) is 5.54. The van der Waals surface area contributed by atoms with E-state index in [1.807, 2.05) is 18.7 Å². The summed E-state index contributed by atoms with van der Waals surface area (Å²) in [6, 6.07) is 0. The van der Waals surface area contributed by atoms with Crippen molar-refractivity contribution in [2.24, 2.45) is 5.92 Å². The number of amides is 1. The maximum absolute atomic E-state index is 12.8. The molecule has 0 unspecified atom stereocenters. The SMILES string of the molecule is CO[C@@H]1C[C@H](C(=O)N2CCC(c3nc(C(C)C)no3)CC2)CC[C@@H]1O. The Morgan fingerprint density at radius 3 is 2.60 bits per heavy atom. The number of rotatable bonds is 4. The first-order valence-electron chi connectivity index (χ1n) is 9.32. The van der Waals surface area contributed by atoms with Gasteiger partial charge in [0.15, 0.2) is 5.82 Å². The van der Waals surface area contributed by atoms with Crippen molar-refractivity contribution in [1.82, 2.24) is 15.0 Å². The van der Waals surface area contributed by atoms with Crippen molar-refractivity contribution in [2.45, 2.75) is 70.0 Å². The molecule has 140 valence electrons. The second kappa shape index (κ2) is 7.83. The Hall–Kier alpha value is -1.47. The van der Waals surface area contributed by atoms with Gasteiger partial charge < -0.3 is 19.3 Å². The van der Waals surface area contributed by atoms with Gasteiger partial charge in [-0.2, -0.15) is 4.98 Å². The minimum Gasteiger partial charge on any atom is -0.390 e. The van der Waals surface area contributed by atoms with Crippen LogP contribution in [0.1, 0.15) is 69.5 Å². The summed E-state index contributed by atoms with van der Waals surface area (Å²) < 4.78 is 10.7. The summed E-state index contributed by atoms with van der Waals surface area (Å²) in [6.07, 6.45) is 3.01. The Kier molecular flexibility index (Phi) is 5.74. The molecule has 1 amide bonds. The lowest BCUT2D eigenvalue weighted by molar-refractivity contribution is -0.142. The van der Waals surface area contributed by atoms with Gasteiger partial charge in [0, 0.05) is 38.0 Å². The topological polar surface area (TPSA) is 88.7 Å². The average molecular weight is 351 g/mol. The Labute approximate surface area is 148 Å². The smallest absolute Gasteiger partial charge is 0.229 e. The standard InChI is InChI=1S/C18H29N3O4/c1-11(2)16-19-17(25-20-16)12-6-8-21(9-7-12)18(23)13-4-5-14(22)15(10-13)24-3/h11-15,22H,4-10H2,1-3H3/t13-,14+,15-/m1/s1. The lowest BCUT2D eigenvalue weighted by Crippen LogP contribution is -2.45. The lowest BCUT2D eigenvalue weighted by Gasteiger charge is -2.37. The molecule has 0 spiro atoms. The number of ether oxygens (including phenoxy) is 1. The number of methoxy groups -OCH3 is 1. The molecule has 2 aliphatic rings. The minimum atomic E-state index is -0.451. The van der Waals surface area contributed by atoms with Crippen LogP contribution < -0.4 is 0 Å². The molecule has 0 radical (unpaired) electrons. The molecule has 1 N–H and O–H groups in total. The molecule has 1 aliphatic heterocycles. The molecule has 2 fully saturated rings. The number of hydrogen-bond acceptors (Lipinski definition) is 6. The third-order valence-corrected chi connectivity index (χ3v) is 5.54. The van der Waals surface area contributed by atoms with E-state index in [0.29, 0.717) is 18.7 Å². The lowest BCUT2D eigenvalue weighted by atomic mass is 9.83. The highest BCUT2D eigenvalue weighted by Crippen LogP contribution is 2.32. The van der Waals surface area contributed by atoms with E-state index in [1.54, 1.807) is 7.11 Å². The van der Waals surface area contributed by atoms with Gasteiger partial charge in [-0.25, -0.2) is 0 Å². The number of piperidine rings is 1. The van der Waals surface area contributed by atoms with E-state index in [-0.39, 0.29) is 29.8 Å². The fraction of sp³-hybridized carbons (Fsp3) is 0.833. The van der Waals surface area contributed by atoms with E-state index in [4.69, 9.17) is 9.26 Å². The van der Waals surface area contributed by atoms with Gasteiger partial charge in [0.05, 0.1) is 12.2 Å². The maximum atomic E-state index is 12.8. The third kappa shape index (κ3) is 4.03. The molecule has 25 heavy (non-hydrogen) atoms. The number of carbonyl (C=O) groups excluding carboxylic acids is 1. The Balaban J connectivity index is 1.54. The predicted octanol–water partition coefficient (Wildman–Crippen LogP) is 2.07. The van der Waals surface area contributed by atoms with Gasteiger partial charge in [0.2, 0.25) is 11.8 Å². The zero-order valence-corrected chi connectivity index (χ0v) is 15.4. The van der Waals surface area contributed by atoms with Crippen molar-refractivity contribution < 1.29 is 19.2 Å². The molecule has 2 heterocycles. The van der Waals surface area contributed by atoms with Gasteiger partial charge >= 0.3 is 0 Å². The van der Waals surface area contributed by atoms with Crippen LogP contribution in [0.2, 0.25) is 0 Å². The highest BCUT2D eigenvalue weighted by Gasteiger charge is 2.36.